The molecule has 3 rings (SSSR count). The topological polar surface area (TPSA) is 89.8 Å². The Kier molecular flexibility index (Phi) is 7.31. The molecule has 0 aliphatic heterocycles. The number of phenols is 1. The van der Waals surface area contributed by atoms with Gasteiger partial charge in [0.05, 0.1) is 18.7 Å². The summed E-state index contributed by atoms with van der Waals surface area (Å²) in [5, 5.41) is 14.2. The van der Waals surface area contributed by atoms with E-state index in [-0.39, 0.29) is 24.3 Å². The zero-order valence-electron chi connectivity index (χ0n) is 18.1. The standard InChI is InChI=1S/C24H28N2O5/c1-4-30-22(24(29)31-5-2)13-16-10-11-21(27)19(12-16)23(28)25-15-18-14-17-8-6-7-9-20(17)26(18)3/h6-12,14,22,27H,4-5,13,15H2,1-3H3,(H,25,28). The van der Waals surface area contributed by atoms with Gasteiger partial charge in [-0.1, -0.05) is 24.3 Å². The van der Waals surface area contributed by atoms with Gasteiger partial charge in [0, 0.05) is 31.3 Å². The molecule has 0 saturated carbocycles. The van der Waals surface area contributed by atoms with Crippen molar-refractivity contribution in [2.45, 2.75) is 32.9 Å². The number of fused-ring (bicyclic) bond motifs is 1. The lowest BCUT2D eigenvalue weighted by atomic mass is 10.0. The van der Waals surface area contributed by atoms with Crippen molar-refractivity contribution >= 4 is 22.8 Å². The summed E-state index contributed by atoms with van der Waals surface area (Å²) >= 11 is 0. The molecule has 1 heterocycles. The predicted molar refractivity (Wildman–Crippen MR) is 118 cm³/mol. The fourth-order valence-electron chi connectivity index (χ4n) is 3.53. The molecule has 164 valence electrons. The van der Waals surface area contributed by atoms with Crippen LogP contribution in [0.3, 0.4) is 0 Å². The van der Waals surface area contributed by atoms with Gasteiger partial charge >= 0.3 is 5.97 Å². The lowest BCUT2D eigenvalue weighted by molar-refractivity contribution is -0.156. The van der Waals surface area contributed by atoms with Crippen LogP contribution < -0.4 is 5.32 Å². The second-order valence-corrected chi connectivity index (χ2v) is 7.19. The number of hydrogen-bond acceptors (Lipinski definition) is 5. The Morgan fingerprint density at radius 2 is 1.87 bits per heavy atom. The van der Waals surface area contributed by atoms with Gasteiger partial charge in [-0.25, -0.2) is 4.79 Å². The number of aromatic nitrogens is 1. The Bertz CT molecular complexity index is 1070. The first-order chi connectivity index (χ1) is 14.9. The van der Waals surface area contributed by atoms with E-state index in [0.29, 0.717) is 18.7 Å². The minimum absolute atomic E-state index is 0.123. The molecule has 0 bridgehead atoms. The van der Waals surface area contributed by atoms with Crippen LogP contribution in [0.25, 0.3) is 10.9 Å². The number of esters is 1. The normalized spacial score (nSPS) is 12.0. The minimum atomic E-state index is -0.763. The van der Waals surface area contributed by atoms with E-state index < -0.39 is 18.0 Å². The summed E-state index contributed by atoms with van der Waals surface area (Å²) in [6.07, 6.45) is -0.516. The Morgan fingerprint density at radius 1 is 1.10 bits per heavy atom. The van der Waals surface area contributed by atoms with Gasteiger partial charge in [-0.2, -0.15) is 0 Å². The molecule has 0 fully saturated rings. The molecule has 0 radical (unpaired) electrons. The van der Waals surface area contributed by atoms with Crippen molar-refractivity contribution in [2.75, 3.05) is 13.2 Å². The highest BCUT2D eigenvalue weighted by atomic mass is 16.6. The molecule has 7 nitrogen and oxygen atoms in total. The van der Waals surface area contributed by atoms with Crippen LogP contribution in [-0.2, 0) is 34.3 Å². The molecule has 1 unspecified atom stereocenters. The molecule has 3 aromatic rings. The minimum Gasteiger partial charge on any atom is -0.507 e. The zero-order chi connectivity index (χ0) is 22.4. The molecule has 0 aliphatic carbocycles. The van der Waals surface area contributed by atoms with Crippen LogP contribution in [0.15, 0.2) is 48.5 Å². The number of benzene rings is 2. The third kappa shape index (κ3) is 5.24. The number of para-hydroxylation sites is 1. The number of carbonyl (C=O) groups excluding carboxylic acids is 2. The smallest absolute Gasteiger partial charge is 0.335 e. The number of carbonyl (C=O) groups is 2. The SMILES string of the molecule is CCOC(=O)C(Cc1ccc(O)c(C(=O)NCc2cc3ccccc3n2C)c1)OCC. The van der Waals surface area contributed by atoms with Crippen molar-refractivity contribution in [3.8, 4) is 5.75 Å². The summed E-state index contributed by atoms with van der Waals surface area (Å²) in [4.78, 5) is 24.9. The van der Waals surface area contributed by atoms with E-state index in [1.165, 1.54) is 6.07 Å². The number of hydrogen-bond donors (Lipinski definition) is 2. The van der Waals surface area contributed by atoms with Crippen LogP contribution in [0.1, 0.15) is 35.5 Å². The summed E-state index contributed by atoms with van der Waals surface area (Å²) in [5.41, 5.74) is 2.87. The maximum atomic E-state index is 12.8. The number of aromatic hydroxyl groups is 1. The molecule has 1 amide bonds. The van der Waals surface area contributed by atoms with Gasteiger partial charge in [0.15, 0.2) is 6.10 Å². The molecule has 2 N–H and O–H groups in total. The molecule has 1 aromatic heterocycles. The molecule has 7 heteroatoms. The Hall–Kier alpha value is -3.32. The molecular formula is C24H28N2O5. The van der Waals surface area contributed by atoms with Gasteiger partial charge in [-0.3, -0.25) is 4.79 Å². The summed E-state index contributed by atoms with van der Waals surface area (Å²) < 4.78 is 12.6. The fourth-order valence-corrected chi connectivity index (χ4v) is 3.53. The number of rotatable bonds is 9. The average molecular weight is 424 g/mol. The monoisotopic (exact) mass is 424 g/mol. The molecule has 0 aliphatic rings. The van der Waals surface area contributed by atoms with Crippen molar-refractivity contribution in [3.63, 3.8) is 0 Å². The third-order valence-corrected chi connectivity index (χ3v) is 5.13. The largest absolute Gasteiger partial charge is 0.507 e. The van der Waals surface area contributed by atoms with E-state index in [1.807, 2.05) is 41.9 Å². The van der Waals surface area contributed by atoms with E-state index in [4.69, 9.17) is 9.47 Å². The van der Waals surface area contributed by atoms with Gasteiger partial charge < -0.3 is 24.5 Å². The van der Waals surface area contributed by atoms with Crippen molar-refractivity contribution in [3.05, 3.63) is 65.4 Å². The maximum absolute atomic E-state index is 12.8. The first kappa shape index (κ1) is 22.4. The Labute approximate surface area is 181 Å². The lowest BCUT2D eigenvalue weighted by Crippen LogP contribution is -2.29. The van der Waals surface area contributed by atoms with Crippen LogP contribution in [0.2, 0.25) is 0 Å². The second-order valence-electron chi connectivity index (χ2n) is 7.19. The molecule has 1 atom stereocenters. The average Bonchev–Trinajstić information content (AvgIpc) is 3.09. The quantitative estimate of drug-likeness (QED) is 0.515. The van der Waals surface area contributed by atoms with E-state index in [2.05, 4.69) is 5.32 Å². The first-order valence-corrected chi connectivity index (χ1v) is 10.4. The predicted octanol–water partition coefficient (Wildman–Crippen LogP) is 3.32. The highest BCUT2D eigenvalue weighted by molar-refractivity contribution is 5.97. The maximum Gasteiger partial charge on any atom is 0.335 e. The molecule has 31 heavy (non-hydrogen) atoms. The molecular weight excluding hydrogens is 396 g/mol. The van der Waals surface area contributed by atoms with Gasteiger partial charge in [-0.15, -0.1) is 0 Å². The zero-order valence-corrected chi connectivity index (χ0v) is 18.1. The van der Waals surface area contributed by atoms with Crippen LogP contribution in [-0.4, -0.2) is 40.9 Å². The van der Waals surface area contributed by atoms with Crippen molar-refractivity contribution in [1.29, 1.82) is 0 Å². The van der Waals surface area contributed by atoms with Crippen LogP contribution in [0.5, 0.6) is 5.75 Å². The van der Waals surface area contributed by atoms with Crippen molar-refractivity contribution < 1.29 is 24.2 Å². The van der Waals surface area contributed by atoms with E-state index in [0.717, 1.165) is 16.6 Å². The van der Waals surface area contributed by atoms with Crippen LogP contribution >= 0.6 is 0 Å². The number of amides is 1. The van der Waals surface area contributed by atoms with E-state index in [1.54, 1.807) is 26.0 Å². The number of phenolic OH excluding ortho intramolecular Hbond substituents is 1. The number of nitrogens with zero attached hydrogens (tertiary/aromatic N) is 1. The summed E-state index contributed by atoms with van der Waals surface area (Å²) in [5.74, 6) is -0.963. The summed E-state index contributed by atoms with van der Waals surface area (Å²) in [7, 11) is 1.95. The van der Waals surface area contributed by atoms with Gasteiger partial charge in [0.1, 0.15) is 5.75 Å². The van der Waals surface area contributed by atoms with Crippen molar-refractivity contribution in [1.82, 2.24) is 9.88 Å². The van der Waals surface area contributed by atoms with E-state index >= 15 is 0 Å². The molecule has 2 aromatic carbocycles. The second kappa shape index (κ2) is 10.1. The van der Waals surface area contributed by atoms with Gasteiger partial charge in [-0.05, 0) is 49.1 Å². The number of nitrogens with one attached hydrogen (secondary N) is 1. The van der Waals surface area contributed by atoms with Crippen LogP contribution in [0, 0.1) is 0 Å². The highest BCUT2D eigenvalue weighted by Gasteiger charge is 2.22. The fraction of sp³-hybridized carbons (Fsp3) is 0.333. The summed E-state index contributed by atoms with van der Waals surface area (Å²) in [6.45, 7) is 4.48. The number of aryl methyl sites for hydroxylation is 1. The number of ether oxygens (including phenoxy) is 2. The first-order valence-electron chi connectivity index (χ1n) is 10.4. The third-order valence-electron chi connectivity index (χ3n) is 5.13. The van der Waals surface area contributed by atoms with Gasteiger partial charge in [0.2, 0.25) is 0 Å². The van der Waals surface area contributed by atoms with E-state index in [9.17, 15) is 14.7 Å². The molecule has 0 spiro atoms. The lowest BCUT2D eigenvalue weighted by Gasteiger charge is -2.16. The Morgan fingerprint density at radius 3 is 2.58 bits per heavy atom. The molecule has 0 saturated heterocycles. The highest BCUT2D eigenvalue weighted by Crippen LogP contribution is 2.21. The summed E-state index contributed by atoms with van der Waals surface area (Å²) in [6, 6.07) is 14.7. The van der Waals surface area contributed by atoms with Crippen molar-refractivity contribution in [2.24, 2.45) is 7.05 Å². The van der Waals surface area contributed by atoms with Crippen LogP contribution in [0.4, 0.5) is 0 Å². The Balaban J connectivity index is 1.73. The van der Waals surface area contributed by atoms with Gasteiger partial charge in [0.25, 0.3) is 5.91 Å².